The molecule has 1 atom stereocenters. The van der Waals surface area contributed by atoms with Gasteiger partial charge in [0.15, 0.2) is 0 Å². The molecule has 0 aliphatic carbocycles. The Balaban J connectivity index is 1.94. The predicted octanol–water partition coefficient (Wildman–Crippen LogP) is 4.53. The molecule has 0 aliphatic rings. The van der Waals surface area contributed by atoms with Crippen molar-refractivity contribution in [2.24, 2.45) is 0 Å². The van der Waals surface area contributed by atoms with E-state index in [0.29, 0.717) is 18.5 Å². The Bertz CT molecular complexity index is 1010. The standard InChI is InChI=1S/C27H29FN2O2/c1-2-17-29-27(32)25(18-21-11-5-3-6-12-21)30(20-22-13-7-4-8-14-22)26(31)19-23-15-9-10-16-24(23)28/h3-16,25H,2,17-20H2,1H3,(H,29,32). The zero-order valence-electron chi connectivity index (χ0n) is 18.3. The van der Waals surface area contributed by atoms with Crippen LogP contribution < -0.4 is 5.32 Å². The minimum atomic E-state index is -0.705. The SMILES string of the molecule is CCCNC(=O)C(Cc1ccccc1)N(Cc1ccccc1)C(=O)Cc1ccccc1F. The summed E-state index contributed by atoms with van der Waals surface area (Å²) in [6, 6.07) is 24.8. The number of halogens is 1. The number of hydrogen-bond donors (Lipinski definition) is 1. The van der Waals surface area contributed by atoms with Gasteiger partial charge in [0.05, 0.1) is 6.42 Å². The molecule has 0 saturated heterocycles. The van der Waals surface area contributed by atoms with Crippen molar-refractivity contribution in [2.45, 2.75) is 38.8 Å². The minimum Gasteiger partial charge on any atom is -0.354 e. The average molecular weight is 433 g/mol. The Morgan fingerprint density at radius 2 is 1.47 bits per heavy atom. The molecule has 0 saturated carbocycles. The third-order valence-electron chi connectivity index (χ3n) is 5.32. The number of rotatable bonds is 10. The van der Waals surface area contributed by atoms with Crippen LogP contribution in [-0.4, -0.2) is 29.3 Å². The maximum Gasteiger partial charge on any atom is 0.243 e. The lowest BCUT2D eigenvalue weighted by Crippen LogP contribution is -2.51. The number of amides is 2. The smallest absolute Gasteiger partial charge is 0.243 e. The quantitative estimate of drug-likeness (QED) is 0.512. The van der Waals surface area contributed by atoms with Gasteiger partial charge in [-0.25, -0.2) is 4.39 Å². The molecule has 1 unspecified atom stereocenters. The summed E-state index contributed by atoms with van der Waals surface area (Å²) in [5.41, 5.74) is 2.19. The molecule has 3 rings (SSSR count). The van der Waals surface area contributed by atoms with Crippen LogP contribution in [0.4, 0.5) is 4.39 Å². The topological polar surface area (TPSA) is 49.4 Å². The summed E-state index contributed by atoms with van der Waals surface area (Å²) in [5, 5.41) is 2.94. The van der Waals surface area contributed by atoms with Gasteiger partial charge in [-0.2, -0.15) is 0 Å². The number of nitrogens with one attached hydrogen (secondary N) is 1. The molecule has 4 nitrogen and oxygen atoms in total. The van der Waals surface area contributed by atoms with Crippen molar-refractivity contribution in [1.82, 2.24) is 10.2 Å². The van der Waals surface area contributed by atoms with E-state index in [1.54, 1.807) is 23.1 Å². The lowest BCUT2D eigenvalue weighted by Gasteiger charge is -2.31. The highest BCUT2D eigenvalue weighted by molar-refractivity contribution is 5.88. The molecule has 0 heterocycles. The molecule has 32 heavy (non-hydrogen) atoms. The molecule has 166 valence electrons. The first-order valence-electron chi connectivity index (χ1n) is 11.0. The lowest BCUT2D eigenvalue weighted by atomic mass is 10.0. The van der Waals surface area contributed by atoms with Gasteiger partial charge in [-0.15, -0.1) is 0 Å². The minimum absolute atomic E-state index is 0.105. The fourth-order valence-electron chi connectivity index (χ4n) is 3.61. The van der Waals surface area contributed by atoms with Crippen LogP contribution >= 0.6 is 0 Å². The van der Waals surface area contributed by atoms with E-state index in [9.17, 15) is 14.0 Å². The summed E-state index contributed by atoms with van der Waals surface area (Å²) in [6.45, 7) is 2.79. The molecule has 5 heteroatoms. The van der Waals surface area contributed by atoms with Crippen molar-refractivity contribution in [3.8, 4) is 0 Å². The van der Waals surface area contributed by atoms with Crippen LogP contribution in [0, 0.1) is 5.82 Å². The van der Waals surface area contributed by atoms with Gasteiger partial charge in [0.1, 0.15) is 11.9 Å². The summed E-state index contributed by atoms with van der Waals surface area (Å²) in [7, 11) is 0. The third-order valence-corrected chi connectivity index (χ3v) is 5.32. The second-order valence-electron chi connectivity index (χ2n) is 7.77. The van der Waals surface area contributed by atoms with Crippen LogP contribution in [0.25, 0.3) is 0 Å². The van der Waals surface area contributed by atoms with Gasteiger partial charge in [-0.3, -0.25) is 9.59 Å². The van der Waals surface area contributed by atoms with E-state index in [0.717, 1.165) is 17.5 Å². The molecule has 0 aliphatic heterocycles. The average Bonchev–Trinajstić information content (AvgIpc) is 2.82. The Labute approximate surface area is 189 Å². The highest BCUT2D eigenvalue weighted by Crippen LogP contribution is 2.17. The van der Waals surface area contributed by atoms with Crippen LogP contribution in [0.15, 0.2) is 84.9 Å². The van der Waals surface area contributed by atoms with Gasteiger partial charge in [-0.1, -0.05) is 85.8 Å². The predicted molar refractivity (Wildman–Crippen MR) is 124 cm³/mol. The van der Waals surface area contributed by atoms with Crippen LogP contribution in [0.5, 0.6) is 0 Å². The van der Waals surface area contributed by atoms with E-state index in [1.807, 2.05) is 67.6 Å². The maximum atomic E-state index is 14.3. The van der Waals surface area contributed by atoms with E-state index in [-0.39, 0.29) is 24.8 Å². The zero-order valence-corrected chi connectivity index (χ0v) is 18.3. The number of hydrogen-bond acceptors (Lipinski definition) is 2. The fraction of sp³-hybridized carbons (Fsp3) is 0.259. The van der Waals surface area contributed by atoms with Gasteiger partial charge in [0.2, 0.25) is 11.8 Å². The monoisotopic (exact) mass is 432 g/mol. The van der Waals surface area contributed by atoms with Gasteiger partial charge in [0.25, 0.3) is 0 Å². The van der Waals surface area contributed by atoms with Gasteiger partial charge >= 0.3 is 0 Å². The fourth-order valence-corrected chi connectivity index (χ4v) is 3.61. The molecule has 0 spiro atoms. The van der Waals surface area contributed by atoms with Crippen molar-refractivity contribution in [3.63, 3.8) is 0 Å². The normalized spacial score (nSPS) is 11.6. The number of carbonyl (C=O) groups is 2. The summed E-state index contributed by atoms with van der Waals surface area (Å²) in [6.07, 6.45) is 1.07. The Hall–Kier alpha value is -3.47. The zero-order chi connectivity index (χ0) is 22.8. The molecule has 0 aromatic heterocycles. The van der Waals surface area contributed by atoms with Crippen molar-refractivity contribution in [2.75, 3.05) is 6.54 Å². The summed E-state index contributed by atoms with van der Waals surface area (Å²) in [4.78, 5) is 28.2. The first-order chi connectivity index (χ1) is 15.6. The second kappa shape index (κ2) is 11.8. The first kappa shape index (κ1) is 23.2. The Morgan fingerprint density at radius 1 is 0.875 bits per heavy atom. The number of benzene rings is 3. The molecular formula is C27H29FN2O2. The Kier molecular flexibility index (Phi) is 8.55. The van der Waals surface area contributed by atoms with Crippen molar-refractivity contribution >= 4 is 11.8 Å². The summed E-state index contributed by atoms with van der Waals surface area (Å²) in [5.74, 6) is -0.907. The third kappa shape index (κ3) is 6.51. The second-order valence-corrected chi connectivity index (χ2v) is 7.77. The van der Waals surface area contributed by atoms with Crippen molar-refractivity contribution in [3.05, 3.63) is 107 Å². The molecule has 3 aromatic carbocycles. The lowest BCUT2D eigenvalue weighted by molar-refractivity contribution is -0.140. The highest BCUT2D eigenvalue weighted by Gasteiger charge is 2.30. The first-order valence-corrected chi connectivity index (χ1v) is 11.0. The summed E-state index contributed by atoms with van der Waals surface area (Å²) < 4.78 is 14.3. The molecule has 0 bridgehead atoms. The van der Waals surface area contributed by atoms with E-state index >= 15 is 0 Å². The molecule has 0 fully saturated rings. The van der Waals surface area contributed by atoms with Crippen LogP contribution in [0.1, 0.15) is 30.0 Å². The van der Waals surface area contributed by atoms with Crippen LogP contribution in [-0.2, 0) is 29.0 Å². The van der Waals surface area contributed by atoms with E-state index in [1.165, 1.54) is 6.07 Å². The highest BCUT2D eigenvalue weighted by atomic mass is 19.1. The molecule has 0 radical (unpaired) electrons. The van der Waals surface area contributed by atoms with Crippen molar-refractivity contribution in [1.29, 1.82) is 0 Å². The van der Waals surface area contributed by atoms with Crippen LogP contribution in [0.3, 0.4) is 0 Å². The van der Waals surface area contributed by atoms with Gasteiger partial charge in [-0.05, 0) is 29.2 Å². The Morgan fingerprint density at radius 3 is 2.09 bits per heavy atom. The maximum absolute atomic E-state index is 14.3. The molecule has 3 aromatic rings. The molecule has 1 N–H and O–H groups in total. The van der Waals surface area contributed by atoms with E-state index in [2.05, 4.69) is 5.32 Å². The largest absolute Gasteiger partial charge is 0.354 e. The molecule has 2 amide bonds. The van der Waals surface area contributed by atoms with Crippen LogP contribution in [0.2, 0.25) is 0 Å². The van der Waals surface area contributed by atoms with Gasteiger partial charge < -0.3 is 10.2 Å². The van der Waals surface area contributed by atoms with E-state index < -0.39 is 11.9 Å². The number of carbonyl (C=O) groups excluding carboxylic acids is 2. The van der Waals surface area contributed by atoms with Gasteiger partial charge in [0, 0.05) is 19.5 Å². The molecular weight excluding hydrogens is 403 g/mol. The summed E-state index contributed by atoms with van der Waals surface area (Å²) >= 11 is 0. The number of nitrogens with zero attached hydrogens (tertiary/aromatic N) is 1. The van der Waals surface area contributed by atoms with E-state index in [4.69, 9.17) is 0 Å². The van der Waals surface area contributed by atoms with Crippen molar-refractivity contribution < 1.29 is 14.0 Å².